The lowest BCUT2D eigenvalue weighted by molar-refractivity contribution is 0.307. The summed E-state index contributed by atoms with van der Waals surface area (Å²) in [6.45, 7) is 1.81. The van der Waals surface area contributed by atoms with Crippen LogP contribution in [0.25, 0.3) is 10.3 Å². The predicted molar refractivity (Wildman–Crippen MR) is 80.6 cm³/mol. The normalized spacial score (nSPS) is 11.9. The molecule has 3 rings (SSSR count). The van der Waals surface area contributed by atoms with Gasteiger partial charge in [0.25, 0.3) is 10.1 Å². The topological polar surface area (TPSA) is 69.2 Å². The van der Waals surface area contributed by atoms with E-state index in [-0.39, 0.29) is 11.5 Å². The monoisotopic (exact) mass is 320 g/mol. The minimum absolute atomic E-state index is 0.0861. The quantitative estimate of drug-likeness (QED) is 0.691. The summed E-state index contributed by atoms with van der Waals surface area (Å²) in [5.41, 5.74) is 1.74. The van der Waals surface area contributed by atoms with Crippen molar-refractivity contribution < 1.29 is 12.6 Å². The molecular weight excluding hydrogens is 308 g/mol. The number of pyridine rings is 1. The standard InChI is InChI=1S/C14H12N2O3S2/c1-10-4-6-11(7-5-10)21(17,18)19-9-13-16-12-3-2-8-15-14(12)20-13/h2-8H,9H2,1H3. The van der Waals surface area contributed by atoms with Crippen molar-refractivity contribution in [1.29, 1.82) is 0 Å². The largest absolute Gasteiger partial charge is 0.297 e. The van der Waals surface area contributed by atoms with Crippen molar-refractivity contribution in [1.82, 2.24) is 9.97 Å². The summed E-state index contributed by atoms with van der Waals surface area (Å²) in [4.78, 5) is 9.37. The van der Waals surface area contributed by atoms with E-state index in [1.165, 1.54) is 23.5 Å². The fraction of sp³-hybridized carbons (Fsp3) is 0.143. The third-order valence-corrected chi connectivity index (χ3v) is 5.09. The highest BCUT2D eigenvalue weighted by Crippen LogP contribution is 2.21. The first-order valence-electron chi connectivity index (χ1n) is 6.21. The molecular formula is C14H12N2O3S2. The first-order valence-corrected chi connectivity index (χ1v) is 8.44. The van der Waals surface area contributed by atoms with Gasteiger partial charge < -0.3 is 0 Å². The maximum atomic E-state index is 12.1. The van der Waals surface area contributed by atoms with Gasteiger partial charge >= 0.3 is 0 Å². The summed E-state index contributed by atoms with van der Waals surface area (Å²) in [5.74, 6) is 0. The zero-order valence-electron chi connectivity index (χ0n) is 11.2. The van der Waals surface area contributed by atoms with Gasteiger partial charge in [-0.3, -0.25) is 4.18 Å². The smallest absolute Gasteiger partial charge is 0.259 e. The Balaban J connectivity index is 1.78. The van der Waals surface area contributed by atoms with Gasteiger partial charge in [0.2, 0.25) is 0 Å². The summed E-state index contributed by atoms with van der Waals surface area (Å²) in [6, 6.07) is 10.2. The number of aromatic nitrogens is 2. The highest BCUT2D eigenvalue weighted by Gasteiger charge is 2.16. The van der Waals surface area contributed by atoms with E-state index < -0.39 is 10.1 Å². The van der Waals surface area contributed by atoms with E-state index >= 15 is 0 Å². The second kappa shape index (κ2) is 5.51. The van der Waals surface area contributed by atoms with E-state index in [1.807, 2.05) is 13.0 Å². The molecule has 2 aromatic heterocycles. The Morgan fingerprint density at radius 3 is 2.67 bits per heavy atom. The second-order valence-corrected chi connectivity index (χ2v) is 7.14. The third-order valence-electron chi connectivity index (χ3n) is 2.86. The fourth-order valence-electron chi connectivity index (χ4n) is 1.78. The molecule has 0 aliphatic rings. The lowest BCUT2D eigenvalue weighted by Gasteiger charge is -2.04. The molecule has 0 unspecified atom stereocenters. The molecule has 0 radical (unpaired) electrons. The minimum Gasteiger partial charge on any atom is -0.259 e. The molecule has 0 saturated carbocycles. The third kappa shape index (κ3) is 3.10. The number of rotatable bonds is 4. The van der Waals surface area contributed by atoms with E-state index in [2.05, 4.69) is 9.97 Å². The number of hydrogen-bond acceptors (Lipinski definition) is 6. The van der Waals surface area contributed by atoms with Gasteiger partial charge in [-0.05, 0) is 31.2 Å². The van der Waals surface area contributed by atoms with Gasteiger partial charge in [0.1, 0.15) is 22.0 Å². The molecule has 0 N–H and O–H groups in total. The zero-order chi connectivity index (χ0) is 14.9. The molecule has 0 aliphatic carbocycles. The lowest BCUT2D eigenvalue weighted by atomic mass is 10.2. The molecule has 108 valence electrons. The van der Waals surface area contributed by atoms with Crippen LogP contribution in [0, 0.1) is 6.92 Å². The first kappa shape index (κ1) is 14.1. The lowest BCUT2D eigenvalue weighted by Crippen LogP contribution is -2.06. The number of hydrogen-bond donors (Lipinski definition) is 0. The van der Waals surface area contributed by atoms with Gasteiger partial charge in [-0.1, -0.05) is 29.0 Å². The summed E-state index contributed by atoms with van der Waals surface area (Å²) >= 11 is 1.32. The van der Waals surface area contributed by atoms with Crippen LogP contribution in [-0.2, 0) is 20.9 Å². The average Bonchev–Trinajstić information content (AvgIpc) is 2.89. The summed E-state index contributed by atoms with van der Waals surface area (Å²) in [6.07, 6.45) is 1.67. The molecule has 21 heavy (non-hydrogen) atoms. The Hall–Kier alpha value is -1.83. The Morgan fingerprint density at radius 2 is 1.95 bits per heavy atom. The van der Waals surface area contributed by atoms with E-state index in [4.69, 9.17) is 4.18 Å². The SMILES string of the molecule is Cc1ccc(S(=O)(=O)OCc2nc3cccnc3s2)cc1. The molecule has 3 aromatic rings. The number of thiazole rings is 1. The van der Waals surface area contributed by atoms with Crippen LogP contribution in [0.2, 0.25) is 0 Å². The molecule has 0 spiro atoms. The van der Waals surface area contributed by atoms with Crippen LogP contribution in [0.4, 0.5) is 0 Å². The molecule has 0 atom stereocenters. The van der Waals surface area contributed by atoms with Crippen LogP contribution >= 0.6 is 11.3 Å². The average molecular weight is 320 g/mol. The molecule has 5 nitrogen and oxygen atoms in total. The van der Waals surface area contributed by atoms with Crippen molar-refractivity contribution in [2.75, 3.05) is 0 Å². The van der Waals surface area contributed by atoms with E-state index in [0.717, 1.165) is 15.9 Å². The first-order chi connectivity index (χ1) is 10.0. The molecule has 2 heterocycles. The summed E-state index contributed by atoms with van der Waals surface area (Å²) in [5, 5.41) is 0.583. The Morgan fingerprint density at radius 1 is 1.19 bits per heavy atom. The Labute approximate surface area is 126 Å². The van der Waals surface area contributed by atoms with Crippen LogP contribution in [0.3, 0.4) is 0 Å². The van der Waals surface area contributed by atoms with Crippen LogP contribution in [-0.4, -0.2) is 18.4 Å². The molecule has 0 fully saturated rings. The van der Waals surface area contributed by atoms with E-state index in [0.29, 0.717) is 5.01 Å². The van der Waals surface area contributed by atoms with Crippen molar-refractivity contribution in [3.8, 4) is 0 Å². The highest BCUT2D eigenvalue weighted by molar-refractivity contribution is 7.86. The fourth-order valence-corrected chi connectivity index (χ4v) is 3.54. The van der Waals surface area contributed by atoms with Crippen molar-refractivity contribution in [3.05, 3.63) is 53.2 Å². The Kier molecular flexibility index (Phi) is 3.71. The van der Waals surface area contributed by atoms with E-state index in [9.17, 15) is 8.42 Å². The molecule has 0 saturated heterocycles. The maximum absolute atomic E-state index is 12.1. The van der Waals surface area contributed by atoms with E-state index in [1.54, 1.807) is 24.4 Å². The van der Waals surface area contributed by atoms with Crippen LogP contribution in [0.5, 0.6) is 0 Å². The number of aryl methyl sites for hydroxylation is 1. The Bertz CT molecular complexity index is 838. The molecule has 0 aliphatic heterocycles. The minimum atomic E-state index is -3.77. The van der Waals surface area contributed by atoms with Gasteiger partial charge in [0.15, 0.2) is 0 Å². The number of fused-ring (bicyclic) bond motifs is 1. The van der Waals surface area contributed by atoms with Gasteiger partial charge in [0, 0.05) is 6.20 Å². The van der Waals surface area contributed by atoms with Crippen molar-refractivity contribution >= 4 is 31.8 Å². The van der Waals surface area contributed by atoms with Crippen LogP contribution in [0.15, 0.2) is 47.5 Å². The van der Waals surface area contributed by atoms with Crippen molar-refractivity contribution in [2.24, 2.45) is 0 Å². The van der Waals surface area contributed by atoms with Crippen LogP contribution < -0.4 is 0 Å². The van der Waals surface area contributed by atoms with Crippen molar-refractivity contribution in [3.63, 3.8) is 0 Å². The van der Waals surface area contributed by atoms with Crippen LogP contribution in [0.1, 0.15) is 10.6 Å². The zero-order valence-corrected chi connectivity index (χ0v) is 12.8. The van der Waals surface area contributed by atoms with Gasteiger partial charge in [-0.25, -0.2) is 9.97 Å². The summed E-state index contributed by atoms with van der Waals surface area (Å²) < 4.78 is 29.2. The number of nitrogens with zero attached hydrogens (tertiary/aromatic N) is 2. The van der Waals surface area contributed by atoms with Gasteiger partial charge in [-0.15, -0.1) is 0 Å². The summed E-state index contributed by atoms with van der Waals surface area (Å²) in [7, 11) is -3.77. The van der Waals surface area contributed by atoms with Gasteiger partial charge in [-0.2, -0.15) is 8.42 Å². The van der Waals surface area contributed by atoms with Gasteiger partial charge in [0.05, 0.1) is 4.90 Å². The highest BCUT2D eigenvalue weighted by atomic mass is 32.2. The molecule has 7 heteroatoms. The molecule has 0 amide bonds. The second-order valence-electron chi connectivity index (χ2n) is 4.46. The predicted octanol–water partition coefficient (Wildman–Crippen LogP) is 2.91. The molecule has 0 bridgehead atoms. The number of benzene rings is 1. The maximum Gasteiger partial charge on any atom is 0.297 e. The van der Waals surface area contributed by atoms with Crippen molar-refractivity contribution in [2.45, 2.75) is 18.4 Å². The molecule has 1 aromatic carbocycles.